The number of unbranched alkanes of at least 4 members (excludes halogenated alkanes) is 1. The van der Waals surface area contributed by atoms with Crippen LogP contribution in [-0.4, -0.2) is 34.5 Å². The van der Waals surface area contributed by atoms with Crippen LogP contribution in [0.3, 0.4) is 0 Å². The fraction of sp³-hybridized carbons (Fsp3) is 1.00. The van der Waals surface area contributed by atoms with Crippen LogP contribution in [0.2, 0.25) is 0 Å². The van der Waals surface area contributed by atoms with Crippen LogP contribution in [0.4, 0.5) is 0 Å². The second-order valence-corrected chi connectivity index (χ2v) is 6.19. The van der Waals surface area contributed by atoms with E-state index in [1.54, 1.807) is 0 Å². The summed E-state index contributed by atoms with van der Waals surface area (Å²) >= 11 is 0. The second-order valence-electron chi connectivity index (χ2n) is 6.19. The van der Waals surface area contributed by atoms with Crippen molar-refractivity contribution in [3.8, 4) is 0 Å². The molecule has 2 saturated carbocycles. The van der Waals surface area contributed by atoms with Crippen LogP contribution in [0.1, 0.15) is 32.6 Å². The lowest BCUT2D eigenvalue weighted by atomic mass is 9.74. The molecule has 0 radical (unpaired) electrons. The van der Waals surface area contributed by atoms with Gasteiger partial charge < -0.3 is 19.7 Å². The van der Waals surface area contributed by atoms with Gasteiger partial charge in [0.25, 0.3) is 0 Å². The van der Waals surface area contributed by atoms with Gasteiger partial charge in [-0.15, -0.1) is 0 Å². The Morgan fingerprint density at radius 1 is 1.35 bits per heavy atom. The fourth-order valence-corrected chi connectivity index (χ4v) is 4.85. The molecule has 6 unspecified atom stereocenters. The molecule has 0 spiro atoms. The summed E-state index contributed by atoms with van der Waals surface area (Å²) in [7, 11) is 0. The summed E-state index contributed by atoms with van der Waals surface area (Å²) in [6, 6.07) is 0. The summed E-state index contributed by atoms with van der Waals surface area (Å²) in [6.45, 7) is 2.11. The lowest BCUT2D eigenvalue weighted by molar-refractivity contribution is -0.288. The molecule has 2 heterocycles. The van der Waals surface area contributed by atoms with Gasteiger partial charge in [-0.1, -0.05) is 13.3 Å². The van der Waals surface area contributed by atoms with E-state index in [-0.39, 0.29) is 30.3 Å². The molecule has 2 N–H and O–H groups in total. The van der Waals surface area contributed by atoms with Crippen molar-refractivity contribution in [1.29, 1.82) is 0 Å². The van der Waals surface area contributed by atoms with E-state index in [0.29, 0.717) is 18.3 Å². The average molecular weight is 240 g/mol. The number of aliphatic hydroxyl groups excluding tert-OH is 1. The lowest BCUT2D eigenvalue weighted by Gasteiger charge is -2.37. The van der Waals surface area contributed by atoms with Crippen LogP contribution >= 0.6 is 0 Å². The van der Waals surface area contributed by atoms with Crippen molar-refractivity contribution in [2.75, 3.05) is 0 Å². The highest BCUT2D eigenvalue weighted by Gasteiger charge is 2.74. The smallest absolute Gasteiger partial charge is 0.172 e. The van der Waals surface area contributed by atoms with E-state index in [0.717, 1.165) is 19.3 Å². The van der Waals surface area contributed by atoms with Gasteiger partial charge in [0.05, 0.1) is 12.2 Å². The minimum Gasteiger partial charge on any atom is -0.390 e. The lowest BCUT2D eigenvalue weighted by Crippen LogP contribution is -2.47. The number of hydrogen-bond donors (Lipinski definition) is 2. The van der Waals surface area contributed by atoms with E-state index in [1.165, 1.54) is 0 Å². The molecule has 96 valence electrons. The monoisotopic (exact) mass is 240 g/mol. The Labute approximate surface area is 101 Å². The van der Waals surface area contributed by atoms with Gasteiger partial charge in [0.2, 0.25) is 0 Å². The topological polar surface area (TPSA) is 58.9 Å². The maximum atomic E-state index is 10.7. The number of ether oxygens (including phenoxy) is 2. The van der Waals surface area contributed by atoms with Crippen molar-refractivity contribution in [3.05, 3.63) is 0 Å². The van der Waals surface area contributed by atoms with Crippen LogP contribution in [0.25, 0.3) is 0 Å². The van der Waals surface area contributed by atoms with E-state index >= 15 is 0 Å². The first-order valence-corrected chi connectivity index (χ1v) is 6.89. The van der Waals surface area contributed by atoms with Gasteiger partial charge in [-0.05, 0) is 24.7 Å². The summed E-state index contributed by atoms with van der Waals surface area (Å²) in [5, 5.41) is 20.9. The van der Waals surface area contributed by atoms with Gasteiger partial charge in [-0.3, -0.25) is 0 Å². The molecule has 4 heteroatoms. The second kappa shape index (κ2) is 3.23. The first-order chi connectivity index (χ1) is 8.15. The largest absolute Gasteiger partial charge is 0.390 e. The molecule has 8 atom stereocenters. The summed E-state index contributed by atoms with van der Waals surface area (Å²) in [6.07, 6.45) is 3.02. The van der Waals surface area contributed by atoms with Crippen LogP contribution in [-0.2, 0) is 9.47 Å². The maximum absolute atomic E-state index is 10.7. The molecule has 0 aromatic rings. The Balaban J connectivity index is 1.67. The fourth-order valence-electron chi connectivity index (χ4n) is 4.85. The molecule has 4 nitrogen and oxygen atoms in total. The zero-order chi connectivity index (χ0) is 11.8. The molecule has 4 rings (SSSR count). The molecule has 2 aliphatic heterocycles. The summed E-state index contributed by atoms with van der Waals surface area (Å²) in [5.74, 6) is -0.0185. The van der Waals surface area contributed by atoms with E-state index in [4.69, 9.17) is 9.47 Å². The predicted octanol–water partition coefficient (Wildman–Crippen LogP) is 0.863. The number of rotatable bonds is 3. The summed E-state index contributed by atoms with van der Waals surface area (Å²) in [4.78, 5) is 0. The summed E-state index contributed by atoms with van der Waals surface area (Å²) in [5.41, 5.74) is 0. The van der Waals surface area contributed by atoms with Crippen molar-refractivity contribution in [3.63, 3.8) is 0 Å². The number of hydrogen-bond acceptors (Lipinski definition) is 4. The minimum absolute atomic E-state index is 0.0259. The maximum Gasteiger partial charge on any atom is 0.172 e. The molecule has 2 aliphatic carbocycles. The molecule has 2 saturated heterocycles. The normalized spacial score (nSPS) is 62.6. The van der Waals surface area contributed by atoms with Crippen molar-refractivity contribution in [2.45, 2.75) is 56.9 Å². The Hall–Kier alpha value is -0.160. The quantitative estimate of drug-likeness (QED) is 0.768. The highest BCUT2D eigenvalue weighted by molar-refractivity contribution is 5.16. The van der Waals surface area contributed by atoms with Crippen LogP contribution in [0.15, 0.2) is 0 Å². The van der Waals surface area contributed by atoms with Crippen LogP contribution in [0, 0.1) is 23.7 Å². The Kier molecular flexibility index (Phi) is 2.04. The van der Waals surface area contributed by atoms with E-state index in [1.807, 2.05) is 0 Å². The molecule has 0 amide bonds. The molecule has 4 aliphatic rings. The van der Waals surface area contributed by atoms with Crippen LogP contribution in [0.5, 0.6) is 0 Å². The highest BCUT2D eigenvalue weighted by atomic mass is 16.8. The minimum atomic E-state index is -1.04. The molecule has 2 bridgehead atoms. The van der Waals surface area contributed by atoms with E-state index < -0.39 is 5.79 Å². The van der Waals surface area contributed by atoms with E-state index in [2.05, 4.69) is 6.92 Å². The van der Waals surface area contributed by atoms with Gasteiger partial charge >= 0.3 is 0 Å². The van der Waals surface area contributed by atoms with Crippen molar-refractivity contribution < 1.29 is 19.7 Å². The molecule has 0 aromatic carbocycles. The molecule has 0 aromatic heterocycles. The Morgan fingerprint density at radius 2 is 2.18 bits per heavy atom. The standard InChI is InChI=1S/C13H20O4/c1-2-3-4-13(15)9-7-5-6-8(9)12(17-13)16-11(6)10(7)14/h6-12,14-15H,2-5H2,1H3/t6?,7?,8?,9?,10-,11?,12?,13-/m0/s1. The van der Waals surface area contributed by atoms with Crippen molar-refractivity contribution in [2.24, 2.45) is 23.7 Å². The number of aliphatic hydroxyl groups is 2. The first kappa shape index (κ1) is 10.7. The third kappa shape index (κ3) is 1.13. The third-order valence-electron chi connectivity index (χ3n) is 5.45. The van der Waals surface area contributed by atoms with Gasteiger partial charge in [-0.2, -0.15) is 0 Å². The SMILES string of the molecule is CCCC[C@]1(O)OC2OC3C4CC(C1C24)[C@@H]3O. The highest BCUT2D eigenvalue weighted by Crippen LogP contribution is 2.67. The molecule has 17 heavy (non-hydrogen) atoms. The van der Waals surface area contributed by atoms with Gasteiger partial charge in [-0.25, -0.2) is 0 Å². The van der Waals surface area contributed by atoms with Crippen molar-refractivity contribution in [1.82, 2.24) is 0 Å². The molecular weight excluding hydrogens is 220 g/mol. The Morgan fingerprint density at radius 3 is 2.94 bits per heavy atom. The van der Waals surface area contributed by atoms with Gasteiger partial charge in [0, 0.05) is 18.3 Å². The van der Waals surface area contributed by atoms with Gasteiger partial charge in [0.1, 0.15) is 0 Å². The number of fused-ring (bicyclic) bond motifs is 2. The Bertz CT molecular complexity index is 346. The molecule has 4 fully saturated rings. The van der Waals surface area contributed by atoms with Gasteiger partial charge in [0.15, 0.2) is 12.1 Å². The van der Waals surface area contributed by atoms with E-state index in [9.17, 15) is 10.2 Å². The molecular formula is C13H20O4. The zero-order valence-electron chi connectivity index (χ0n) is 10.1. The average Bonchev–Trinajstić information content (AvgIpc) is 2.94. The predicted molar refractivity (Wildman–Crippen MR) is 58.8 cm³/mol. The van der Waals surface area contributed by atoms with Crippen molar-refractivity contribution >= 4 is 0 Å². The first-order valence-electron chi connectivity index (χ1n) is 6.89. The third-order valence-corrected chi connectivity index (χ3v) is 5.45. The van der Waals surface area contributed by atoms with Crippen LogP contribution < -0.4 is 0 Å². The summed E-state index contributed by atoms with van der Waals surface area (Å²) < 4.78 is 11.6. The zero-order valence-corrected chi connectivity index (χ0v) is 10.1.